The Hall–Kier alpha value is -3.08. The number of phenols is 1. The van der Waals surface area contributed by atoms with E-state index in [9.17, 15) is 29.6 Å². The number of amides is 3. The highest BCUT2D eigenvalue weighted by Gasteiger charge is 2.36. The van der Waals surface area contributed by atoms with Crippen molar-refractivity contribution < 1.29 is 29.2 Å². The van der Waals surface area contributed by atoms with E-state index in [0.29, 0.717) is 18.3 Å². The average molecular weight is 395 g/mol. The molecule has 3 amide bonds. The Labute approximate surface area is 158 Å². The highest BCUT2D eigenvalue weighted by Crippen LogP contribution is 2.39. The topological polar surface area (TPSA) is 139 Å². The molecule has 1 aromatic carbocycles. The Morgan fingerprint density at radius 3 is 2.74 bits per heavy atom. The minimum atomic E-state index is -0.793. The lowest BCUT2D eigenvalue weighted by Gasteiger charge is -2.11. The van der Waals surface area contributed by atoms with Crippen LogP contribution < -0.4 is 10.1 Å². The van der Waals surface area contributed by atoms with Gasteiger partial charge in [0.25, 0.3) is 11.1 Å². The number of aromatic hydroxyl groups is 1. The summed E-state index contributed by atoms with van der Waals surface area (Å²) in [7, 11) is 1.23. The van der Waals surface area contributed by atoms with Gasteiger partial charge in [-0.1, -0.05) is 6.92 Å². The molecule has 2 N–H and O–H groups in total. The third kappa shape index (κ3) is 4.56. The van der Waals surface area contributed by atoms with Crippen LogP contribution in [0.25, 0.3) is 6.08 Å². The lowest BCUT2D eigenvalue weighted by atomic mass is 10.1. The van der Waals surface area contributed by atoms with Gasteiger partial charge in [-0.25, -0.2) is 0 Å². The van der Waals surface area contributed by atoms with Gasteiger partial charge in [-0.15, -0.1) is 0 Å². The van der Waals surface area contributed by atoms with Crippen LogP contribution in [0.1, 0.15) is 18.9 Å². The number of methoxy groups -OCH3 is 1. The van der Waals surface area contributed by atoms with E-state index < -0.39 is 40.0 Å². The van der Waals surface area contributed by atoms with Gasteiger partial charge in [0, 0.05) is 12.6 Å². The molecule has 0 radical (unpaired) electrons. The van der Waals surface area contributed by atoms with Gasteiger partial charge in [0.05, 0.1) is 16.9 Å². The first-order valence-corrected chi connectivity index (χ1v) is 8.67. The number of hydrogen-bond donors (Lipinski definition) is 2. The largest absolute Gasteiger partial charge is 0.500 e. The number of rotatable bonds is 7. The predicted molar refractivity (Wildman–Crippen MR) is 97.3 cm³/mol. The number of nitrogens with one attached hydrogen (secondary N) is 1. The summed E-state index contributed by atoms with van der Waals surface area (Å²) >= 11 is 0.620. The van der Waals surface area contributed by atoms with Gasteiger partial charge in [-0.3, -0.25) is 29.4 Å². The first kappa shape index (κ1) is 20.2. The first-order valence-electron chi connectivity index (χ1n) is 7.86. The number of nitrogens with zero attached hydrogens (tertiary/aromatic N) is 2. The molecule has 0 atom stereocenters. The van der Waals surface area contributed by atoms with Crippen molar-refractivity contribution in [3.8, 4) is 11.5 Å². The highest BCUT2D eigenvalue weighted by atomic mass is 32.2. The molecule has 0 unspecified atom stereocenters. The number of ether oxygens (including phenoxy) is 1. The molecular weight excluding hydrogens is 378 g/mol. The van der Waals surface area contributed by atoms with Crippen LogP contribution in [-0.4, -0.2) is 52.2 Å². The third-order valence-electron chi connectivity index (χ3n) is 3.54. The van der Waals surface area contributed by atoms with E-state index in [-0.39, 0.29) is 16.2 Å². The zero-order valence-electron chi connectivity index (χ0n) is 14.6. The summed E-state index contributed by atoms with van der Waals surface area (Å²) in [6.45, 7) is 1.90. The molecule has 1 aromatic rings. The molecular formula is C16H17N3O7S. The summed E-state index contributed by atoms with van der Waals surface area (Å²) in [5.74, 6) is -1.91. The number of nitro benzene ring substituents is 1. The Morgan fingerprint density at radius 1 is 1.44 bits per heavy atom. The average Bonchev–Trinajstić information content (AvgIpc) is 2.88. The first-order chi connectivity index (χ1) is 12.8. The zero-order valence-corrected chi connectivity index (χ0v) is 15.4. The molecule has 10 nitrogen and oxygen atoms in total. The van der Waals surface area contributed by atoms with Crippen LogP contribution in [0.4, 0.5) is 10.5 Å². The summed E-state index contributed by atoms with van der Waals surface area (Å²) in [4.78, 5) is 47.2. The van der Waals surface area contributed by atoms with Crippen molar-refractivity contribution in [3.05, 3.63) is 32.7 Å². The van der Waals surface area contributed by atoms with E-state index in [0.717, 1.165) is 17.4 Å². The molecule has 144 valence electrons. The quantitative estimate of drug-likeness (QED) is 0.405. The van der Waals surface area contributed by atoms with E-state index in [1.165, 1.54) is 19.3 Å². The van der Waals surface area contributed by atoms with Crippen molar-refractivity contribution in [2.24, 2.45) is 0 Å². The van der Waals surface area contributed by atoms with Gasteiger partial charge in [0.2, 0.25) is 11.7 Å². The van der Waals surface area contributed by atoms with Gasteiger partial charge in [-0.05, 0) is 35.9 Å². The van der Waals surface area contributed by atoms with E-state index in [2.05, 4.69) is 5.32 Å². The second-order valence-electron chi connectivity index (χ2n) is 5.47. The van der Waals surface area contributed by atoms with Gasteiger partial charge >= 0.3 is 5.69 Å². The molecule has 0 spiro atoms. The third-order valence-corrected chi connectivity index (χ3v) is 4.45. The fourth-order valence-corrected chi connectivity index (χ4v) is 3.08. The van der Waals surface area contributed by atoms with Crippen molar-refractivity contribution >= 4 is 40.6 Å². The van der Waals surface area contributed by atoms with Crippen molar-refractivity contribution in [2.75, 3.05) is 20.2 Å². The Morgan fingerprint density at radius 2 is 2.15 bits per heavy atom. The Balaban J connectivity index is 2.28. The smallest absolute Gasteiger partial charge is 0.315 e. The van der Waals surface area contributed by atoms with E-state index in [1.54, 1.807) is 0 Å². The van der Waals surface area contributed by atoms with Crippen molar-refractivity contribution in [1.82, 2.24) is 10.2 Å². The van der Waals surface area contributed by atoms with Gasteiger partial charge < -0.3 is 15.2 Å². The second-order valence-corrected chi connectivity index (χ2v) is 6.46. The zero-order chi connectivity index (χ0) is 20.1. The molecule has 1 aliphatic heterocycles. The van der Waals surface area contributed by atoms with Crippen LogP contribution in [0, 0.1) is 10.1 Å². The highest BCUT2D eigenvalue weighted by molar-refractivity contribution is 8.18. The molecule has 0 aliphatic carbocycles. The van der Waals surface area contributed by atoms with Crippen molar-refractivity contribution in [1.29, 1.82) is 0 Å². The number of phenolic OH excluding ortho intramolecular Hbond substituents is 1. The minimum Gasteiger partial charge on any atom is -0.500 e. The normalized spacial score (nSPS) is 15.3. The second kappa shape index (κ2) is 8.54. The molecule has 1 fully saturated rings. The molecule has 1 aliphatic rings. The number of thioether (sulfide) groups is 1. The molecule has 0 saturated carbocycles. The summed E-state index contributed by atoms with van der Waals surface area (Å²) in [6.07, 6.45) is 1.98. The van der Waals surface area contributed by atoms with E-state index >= 15 is 0 Å². The van der Waals surface area contributed by atoms with Gasteiger partial charge in [0.1, 0.15) is 6.54 Å². The fourth-order valence-electron chi connectivity index (χ4n) is 2.24. The standard InChI is InChI=1S/C16H17N3O7S/c1-3-4-17-13(20)8-18-15(22)12(27-16(18)23)7-9-5-10(19(24)25)14(21)11(6-9)26-2/h5-7,21H,3-4,8H2,1-2H3,(H,17,20)/b12-7-. The molecule has 1 saturated heterocycles. The van der Waals surface area contributed by atoms with Gasteiger partial charge in [-0.2, -0.15) is 0 Å². The van der Waals surface area contributed by atoms with Crippen LogP contribution in [0.5, 0.6) is 11.5 Å². The summed E-state index contributed by atoms with van der Waals surface area (Å²) in [5.41, 5.74) is -0.406. The van der Waals surface area contributed by atoms with Crippen LogP contribution in [0.3, 0.4) is 0 Å². The molecule has 2 rings (SSSR count). The van der Waals surface area contributed by atoms with Crippen LogP contribution in [-0.2, 0) is 9.59 Å². The number of carbonyl (C=O) groups is 3. The monoisotopic (exact) mass is 395 g/mol. The summed E-state index contributed by atoms with van der Waals surface area (Å²) in [5, 5.41) is 22.8. The summed E-state index contributed by atoms with van der Waals surface area (Å²) < 4.78 is 4.89. The van der Waals surface area contributed by atoms with E-state index in [1.807, 2.05) is 6.92 Å². The maximum Gasteiger partial charge on any atom is 0.315 e. The molecule has 11 heteroatoms. The number of hydrogen-bond acceptors (Lipinski definition) is 8. The Kier molecular flexibility index (Phi) is 6.40. The number of carbonyl (C=O) groups excluding carboxylic acids is 3. The number of benzene rings is 1. The van der Waals surface area contributed by atoms with Crippen LogP contribution >= 0.6 is 11.8 Å². The summed E-state index contributed by atoms with van der Waals surface area (Å²) in [6, 6.07) is 2.35. The molecule has 1 heterocycles. The maximum atomic E-state index is 12.4. The predicted octanol–water partition coefficient (Wildman–Crippen LogP) is 1.87. The SMILES string of the molecule is CCCNC(=O)CN1C(=O)S/C(=C\c2cc(OC)c(O)c([N+](=O)[O-])c2)C1=O. The number of nitro groups is 1. The van der Waals surface area contributed by atoms with Gasteiger partial charge in [0.15, 0.2) is 5.75 Å². The van der Waals surface area contributed by atoms with Crippen molar-refractivity contribution in [2.45, 2.75) is 13.3 Å². The van der Waals surface area contributed by atoms with E-state index in [4.69, 9.17) is 4.74 Å². The van der Waals surface area contributed by atoms with Crippen LogP contribution in [0.15, 0.2) is 17.0 Å². The number of imide groups is 1. The minimum absolute atomic E-state index is 0.00494. The van der Waals surface area contributed by atoms with Crippen molar-refractivity contribution in [3.63, 3.8) is 0 Å². The maximum absolute atomic E-state index is 12.4. The fraction of sp³-hybridized carbons (Fsp3) is 0.312. The lowest BCUT2D eigenvalue weighted by Crippen LogP contribution is -2.39. The molecule has 0 aromatic heterocycles. The molecule has 0 bridgehead atoms. The Bertz CT molecular complexity index is 838. The van der Waals surface area contributed by atoms with Crippen LogP contribution in [0.2, 0.25) is 0 Å². The molecule has 27 heavy (non-hydrogen) atoms. The lowest BCUT2D eigenvalue weighted by molar-refractivity contribution is -0.386.